The molecule has 0 bridgehead atoms. The topological polar surface area (TPSA) is 32.3 Å². The van der Waals surface area contributed by atoms with Gasteiger partial charge >= 0.3 is 51.2 Å². The molecule has 0 aliphatic heterocycles. The maximum absolute atomic E-state index is 7.76. The van der Waals surface area contributed by atoms with E-state index in [4.69, 9.17) is 5.11 Å². The Morgan fingerprint density at radius 2 is 1.83 bits per heavy atom. The molecule has 0 fully saturated rings. The Morgan fingerprint density at radius 3 is 1.83 bits per heavy atom. The van der Waals surface area contributed by atoms with E-state index in [1.54, 1.807) is 7.05 Å². The van der Waals surface area contributed by atoms with Crippen LogP contribution in [0.15, 0.2) is 0 Å². The van der Waals surface area contributed by atoms with Crippen molar-refractivity contribution in [2.45, 2.75) is 0 Å². The van der Waals surface area contributed by atoms with Gasteiger partial charge in [-0.05, 0) is 7.05 Å². The van der Waals surface area contributed by atoms with Crippen molar-refractivity contribution in [1.82, 2.24) is 5.32 Å². The van der Waals surface area contributed by atoms with Crippen LogP contribution in [0.1, 0.15) is 0 Å². The predicted octanol–water partition coefficient (Wildman–Crippen LogP) is -2.68. The third-order valence-electron chi connectivity index (χ3n) is 0.158. The Bertz CT molecular complexity index is 15.5. The van der Waals surface area contributed by atoms with Gasteiger partial charge < -0.3 is 5.11 Å². The van der Waals surface area contributed by atoms with E-state index >= 15 is 0 Å². The van der Waals surface area contributed by atoms with Gasteiger partial charge in [-0.3, -0.25) is 5.32 Å². The zero-order valence-electron chi connectivity index (χ0n) is 4.07. The molecule has 6 heavy (non-hydrogen) atoms. The van der Waals surface area contributed by atoms with Crippen molar-refractivity contribution in [3.63, 3.8) is 0 Å². The number of aliphatic hydroxyl groups excluding tert-OH is 1. The van der Waals surface area contributed by atoms with E-state index in [0.717, 1.165) is 0 Å². The normalized spacial score (nSPS) is 5.00. The molecule has 2 nitrogen and oxygen atoms in total. The molecule has 0 spiro atoms. The average molecular weight is 391 g/mol. The second-order valence-electron chi connectivity index (χ2n) is 0.512. The Labute approximate surface area is 74.8 Å². The summed E-state index contributed by atoms with van der Waals surface area (Å²) < 4.78 is 0. The van der Waals surface area contributed by atoms with Crippen molar-refractivity contribution < 1.29 is 5.11 Å². The van der Waals surface area contributed by atoms with E-state index in [-0.39, 0.29) is 57.9 Å². The van der Waals surface area contributed by atoms with Gasteiger partial charge in [-0.15, -0.1) is 0 Å². The molecule has 0 atom stereocenters. The fraction of sp³-hybridized carbons (Fsp3) is 1.00. The van der Waals surface area contributed by atoms with Gasteiger partial charge in [0.05, 0.1) is 6.73 Å². The third kappa shape index (κ3) is 17.4. The van der Waals surface area contributed by atoms with Crippen LogP contribution >= 0.6 is 0 Å². The van der Waals surface area contributed by atoms with Crippen LogP contribution in [0.3, 0.4) is 0 Å². The van der Waals surface area contributed by atoms with Gasteiger partial charge in [0.15, 0.2) is 0 Å². The van der Waals surface area contributed by atoms with Crippen LogP contribution in [-0.4, -0.2) is 70.1 Å². The first-order valence-corrected chi connectivity index (χ1v) is 1.17. The van der Waals surface area contributed by atoms with E-state index in [0.29, 0.717) is 0 Å². The summed E-state index contributed by atoms with van der Waals surface area (Å²) >= 11 is 0. The van der Waals surface area contributed by atoms with Crippen molar-refractivity contribution in [2.24, 2.45) is 0 Å². The molecular formula is C2H11NOPbSn. The van der Waals surface area contributed by atoms with Gasteiger partial charge in [-0.25, -0.2) is 0 Å². The molecule has 0 saturated carbocycles. The molecule has 0 saturated heterocycles. The minimum atomic E-state index is 0. The van der Waals surface area contributed by atoms with Gasteiger partial charge in [0.25, 0.3) is 0 Å². The maximum atomic E-state index is 7.76. The first-order chi connectivity index (χ1) is 1.91. The quantitative estimate of drug-likeness (QED) is 0.378. The SMILES string of the molecule is CNCO.[PbH2].[SnH2]. The van der Waals surface area contributed by atoms with Crippen molar-refractivity contribution in [3.8, 4) is 0 Å². The van der Waals surface area contributed by atoms with E-state index in [1.807, 2.05) is 0 Å². The number of rotatable bonds is 1. The molecule has 0 heterocycles. The molecule has 0 amide bonds. The molecule has 38 valence electrons. The van der Waals surface area contributed by atoms with Crippen LogP contribution < -0.4 is 5.32 Å². The number of hydrogen-bond donors (Lipinski definition) is 2. The molecule has 0 aliphatic carbocycles. The molecule has 0 aromatic carbocycles. The second kappa shape index (κ2) is 15.9. The molecule has 0 aromatic rings. The first kappa shape index (κ1) is 15.6. The molecule has 0 aliphatic rings. The fourth-order valence-corrected chi connectivity index (χ4v) is 0. The van der Waals surface area contributed by atoms with Crippen LogP contribution in [0, 0.1) is 0 Å². The van der Waals surface area contributed by atoms with Crippen molar-refractivity contribution in [1.29, 1.82) is 0 Å². The summed E-state index contributed by atoms with van der Waals surface area (Å²) in [6.45, 7) is 0.0694. The van der Waals surface area contributed by atoms with E-state index < -0.39 is 0 Å². The summed E-state index contributed by atoms with van der Waals surface area (Å²) in [4.78, 5) is 0. The van der Waals surface area contributed by atoms with Gasteiger partial charge in [-0.1, -0.05) is 0 Å². The summed E-state index contributed by atoms with van der Waals surface area (Å²) in [6, 6.07) is 0. The molecule has 4 radical (unpaired) electrons. The Hall–Kier alpha value is 1.64. The van der Waals surface area contributed by atoms with Crippen LogP contribution in [-0.2, 0) is 0 Å². The number of aliphatic hydroxyl groups is 1. The molecule has 0 rings (SSSR count). The Kier molecular flexibility index (Phi) is 41.6. The van der Waals surface area contributed by atoms with E-state index in [1.165, 1.54) is 0 Å². The fourth-order valence-electron chi connectivity index (χ4n) is 0. The van der Waals surface area contributed by atoms with Crippen molar-refractivity contribution in [2.75, 3.05) is 13.8 Å². The van der Waals surface area contributed by atoms with E-state index in [9.17, 15) is 0 Å². The van der Waals surface area contributed by atoms with Crippen molar-refractivity contribution >= 4 is 51.2 Å². The summed E-state index contributed by atoms with van der Waals surface area (Å²) in [5, 5.41) is 10.2. The molecule has 4 heteroatoms. The summed E-state index contributed by atoms with van der Waals surface area (Å²) in [5.74, 6) is 0. The second-order valence-corrected chi connectivity index (χ2v) is 0.512. The molecule has 0 aromatic heterocycles. The molecular weight excluding hydrogens is 380 g/mol. The van der Waals surface area contributed by atoms with Crippen LogP contribution in [0.2, 0.25) is 0 Å². The third-order valence-corrected chi connectivity index (χ3v) is 0.158. The van der Waals surface area contributed by atoms with Gasteiger partial charge in [0.1, 0.15) is 0 Å². The van der Waals surface area contributed by atoms with Gasteiger partial charge in [-0.2, -0.15) is 0 Å². The standard InChI is InChI=1S/C2H7NO.Pb.Sn.4H/c1-3-2-4;;;;;;/h3-4H,2H2,1H3;;;;;;. The molecule has 0 unspecified atom stereocenters. The summed E-state index contributed by atoms with van der Waals surface area (Å²) in [5.41, 5.74) is 0. The van der Waals surface area contributed by atoms with Gasteiger partial charge in [0.2, 0.25) is 0 Å². The monoisotopic (exact) mass is 393 g/mol. The zero-order chi connectivity index (χ0) is 3.41. The van der Waals surface area contributed by atoms with Crippen LogP contribution in [0.5, 0.6) is 0 Å². The van der Waals surface area contributed by atoms with Crippen LogP contribution in [0.4, 0.5) is 0 Å². The number of hydrogen-bond acceptors (Lipinski definition) is 2. The predicted molar refractivity (Wildman–Crippen MR) is 33.2 cm³/mol. The Morgan fingerprint density at radius 1 is 1.67 bits per heavy atom. The minimum absolute atomic E-state index is 0. The van der Waals surface area contributed by atoms with Gasteiger partial charge in [0, 0.05) is 0 Å². The van der Waals surface area contributed by atoms with Crippen molar-refractivity contribution in [3.05, 3.63) is 0 Å². The zero-order valence-corrected chi connectivity index (χ0v) is 13.6. The average Bonchev–Trinajstić information content (AvgIpc) is 1.37. The first-order valence-electron chi connectivity index (χ1n) is 1.17. The Balaban J connectivity index is -0.0000000450. The summed E-state index contributed by atoms with van der Waals surface area (Å²) in [7, 11) is 1.68. The van der Waals surface area contributed by atoms with Crippen LogP contribution in [0.25, 0.3) is 0 Å². The van der Waals surface area contributed by atoms with E-state index in [2.05, 4.69) is 5.32 Å². The number of nitrogens with one attached hydrogen (secondary N) is 1. The molecule has 2 N–H and O–H groups in total. The summed E-state index contributed by atoms with van der Waals surface area (Å²) in [6.07, 6.45) is 0.